The molecular formula is C17H13N. The molecule has 18 heavy (non-hydrogen) atoms. The van der Waals surface area contributed by atoms with E-state index >= 15 is 0 Å². The zero-order chi connectivity index (χ0) is 12.1. The van der Waals surface area contributed by atoms with Crippen molar-refractivity contribution in [2.45, 2.75) is 18.3 Å². The molecule has 0 amide bonds. The molecule has 1 nitrogen and oxygen atoms in total. The van der Waals surface area contributed by atoms with Gasteiger partial charge in [0.2, 0.25) is 0 Å². The van der Waals surface area contributed by atoms with Crippen LogP contribution in [0.4, 0.5) is 0 Å². The number of hydrogen-bond acceptors (Lipinski definition) is 1. The highest BCUT2D eigenvalue weighted by Gasteiger charge is 2.42. The minimum atomic E-state index is 0.139. The third-order valence-corrected chi connectivity index (χ3v) is 4.47. The lowest BCUT2D eigenvalue weighted by Crippen LogP contribution is -2.31. The van der Waals surface area contributed by atoms with Gasteiger partial charge in [-0.15, -0.1) is 0 Å². The third kappa shape index (κ3) is 1.10. The molecule has 0 aliphatic heterocycles. The maximum atomic E-state index is 9.41. The van der Waals surface area contributed by atoms with Crippen LogP contribution < -0.4 is 0 Å². The largest absolute Gasteiger partial charge is 0.198 e. The van der Waals surface area contributed by atoms with Crippen LogP contribution in [0.25, 0.3) is 0 Å². The van der Waals surface area contributed by atoms with E-state index in [-0.39, 0.29) is 11.8 Å². The molecule has 5 rings (SSSR count). The summed E-state index contributed by atoms with van der Waals surface area (Å²) in [7, 11) is 0. The van der Waals surface area contributed by atoms with Gasteiger partial charge in [0.25, 0.3) is 0 Å². The van der Waals surface area contributed by atoms with Crippen molar-refractivity contribution in [3.05, 3.63) is 70.8 Å². The summed E-state index contributed by atoms with van der Waals surface area (Å²) in [5.74, 6) is 0.847. The first-order valence-corrected chi connectivity index (χ1v) is 6.47. The van der Waals surface area contributed by atoms with Gasteiger partial charge in [-0.1, -0.05) is 48.5 Å². The summed E-state index contributed by atoms with van der Waals surface area (Å²) in [5, 5.41) is 9.41. The Morgan fingerprint density at radius 1 is 0.833 bits per heavy atom. The van der Waals surface area contributed by atoms with Gasteiger partial charge in [0.1, 0.15) is 0 Å². The first kappa shape index (κ1) is 9.91. The molecule has 0 spiro atoms. The van der Waals surface area contributed by atoms with Gasteiger partial charge in [-0.05, 0) is 28.7 Å². The summed E-state index contributed by atoms with van der Waals surface area (Å²) in [6, 6.07) is 19.8. The van der Waals surface area contributed by atoms with Crippen LogP contribution in [0.2, 0.25) is 0 Å². The predicted octanol–water partition coefficient (Wildman–Crippen LogP) is 3.81. The van der Waals surface area contributed by atoms with Crippen LogP contribution in [0.15, 0.2) is 48.5 Å². The van der Waals surface area contributed by atoms with Crippen LogP contribution in [0, 0.1) is 17.2 Å². The molecule has 0 saturated carbocycles. The number of fused-ring (bicyclic) bond motifs is 1. The fraction of sp³-hybridized carbons (Fsp3) is 0.235. The molecule has 0 unspecified atom stereocenters. The minimum absolute atomic E-state index is 0.139. The molecule has 0 heterocycles. The predicted molar refractivity (Wildman–Crippen MR) is 70.3 cm³/mol. The Kier molecular flexibility index (Phi) is 1.91. The molecule has 2 aromatic rings. The van der Waals surface area contributed by atoms with E-state index in [1.54, 1.807) is 0 Å². The smallest absolute Gasteiger partial charge is 0.0666 e. The van der Waals surface area contributed by atoms with Gasteiger partial charge < -0.3 is 0 Å². The van der Waals surface area contributed by atoms with Crippen molar-refractivity contribution >= 4 is 0 Å². The molecule has 0 radical (unpaired) electrons. The van der Waals surface area contributed by atoms with Gasteiger partial charge in [-0.3, -0.25) is 0 Å². The molecule has 3 aliphatic carbocycles. The van der Waals surface area contributed by atoms with Crippen molar-refractivity contribution in [2.24, 2.45) is 5.92 Å². The molecule has 2 bridgehead atoms. The molecule has 86 valence electrons. The first-order chi connectivity index (χ1) is 8.90. The van der Waals surface area contributed by atoms with Crippen molar-refractivity contribution in [2.75, 3.05) is 0 Å². The zero-order valence-electron chi connectivity index (χ0n) is 10.0. The van der Waals surface area contributed by atoms with E-state index in [0.717, 1.165) is 6.42 Å². The second-order valence-electron chi connectivity index (χ2n) is 5.26. The molecule has 1 heteroatoms. The molecule has 3 aliphatic rings. The van der Waals surface area contributed by atoms with Crippen LogP contribution in [0.1, 0.15) is 40.5 Å². The summed E-state index contributed by atoms with van der Waals surface area (Å²) in [5.41, 5.74) is 5.62. The fourth-order valence-corrected chi connectivity index (χ4v) is 3.76. The lowest BCUT2D eigenvalue weighted by molar-refractivity contribution is 0.431. The van der Waals surface area contributed by atoms with Crippen LogP contribution >= 0.6 is 0 Å². The molecule has 0 aromatic heterocycles. The highest BCUT2D eigenvalue weighted by molar-refractivity contribution is 5.56. The minimum Gasteiger partial charge on any atom is -0.198 e. The Bertz CT molecular complexity index is 618. The van der Waals surface area contributed by atoms with Gasteiger partial charge in [-0.2, -0.15) is 5.26 Å². The maximum Gasteiger partial charge on any atom is 0.0666 e. The average molecular weight is 231 g/mol. The average Bonchev–Trinajstić information content (AvgIpc) is 2.47. The van der Waals surface area contributed by atoms with Crippen LogP contribution in [-0.4, -0.2) is 0 Å². The van der Waals surface area contributed by atoms with Crippen LogP contribution in [-0.2, 0) is 0 Å². The topological polar surface area (TPSA) is 23.8 Å². The standard InChI is InChI=1S/C17H13N/c18-10-11-9-16-12-5-1-3-7-14(12)17(11)15-8-4-2-6-13(15)16/h1-8,11,16-17H,9H2/t11-,16?,17?/m1/s1. The first-order valence-electron chi connectivity index (χ1n) is 6.47. The van der Waals surface area contributed by atoms with Crippen molar-refractivity contribution in [1.82, 2.24) is 0 Å². The summed E-state index contributed by atoms with van der Waals surface area (Å²) in [6.07, 6.45) is 0.981. The van der Waals surface area contributed by atoms with Gasteiger partial charge in [0.05, 0.1) is 12.0 Å². The monoisotopic (exact) mass is 231 g/mol. The van der Waals surface area contributed by atoms with Crippen LogP contribution in [0.5, 0.6) is 0 Å². The Morgan fingerprint density at radius 3 is 1.83 bits per heavy atom. The highest BCUT2D eigenvalue weighted by Crippen LogP contribution is 2.54. The van der Waals surface area contributed by atoms with E-state index in [0.29, 0.717) is 5.92 Å². The number of benzene rings is 2. The molecule has 1 atom stereocenters. The van der Waals surface area contributed by atoms with E-state index in [2.05, 4.69) is 54.6 Å². The maximum absolute atomic E-state index is 9.41. The van der Waals surface area contributed by atoms with E-state index < -0.39 is 0 Å². The lowest BCUT2D eigenvalue weighted by Gasteiger charge is -2.43. The number of hydrogen-bond donors (Lipinski definition) is 0. The number of rotatable bonds is 0. The second kappa shape index (κ2) is 3.46. The quantitative estimate of drug-likeness (QED) is 0.676. The lowest BCUT2D eigenvalue weighted by atomic mass is 9.59. The Morgan fingerprint density at radius 2 is 1.33 bits per heavy atom. The molecule has 0 fully saturated rings. The third-order valence-electron chi connectivity index (χ3n) is 4.47. The fourth-order valence-electron chi connectivity index (χ4n) is 3.76. The second-order valence-corrected chi connectivity index (χ2v) is 5.26. The summed E-state index contributed by atoms with van der Waals surface area (Å²) < 4.78 is 0. The van der Waals surface area contributed by atoms with Crippen molar-refractivity contribution < 1.29 is 0 Å². The van der Waals surface area contributed by atoms with E-state index in [9.17, 15) is 5.26 Å². The van der Waals surface area contributed by atoms with Gasteiger partial charge in [0.15, 0.2) is 0 Å². The Balaban J connectivity index is 2.04. The van der Waals surface area contributed by atoms with Gasteiger partial charge in [-0.25, -0.2) is 0 Å². The van der Waals surface area contributed by atoms with Crippen molar-refractivity contribution in [1.29, 1.82) is 5.26 Å². The Hall–Kier alpha value is -2.07. The highest BCUT2D eigenvalue weighted by atomic mass is 14.5. The van der Waals surface area contributed by atoms with Gasteiger partial charge >= 0.3 is 0 Å². The summed E-state index contributed by atoms with van der Waals surface area (Å²) >= 11 is 0. The van der Waals surface area contributed by atoms with Gasteiger partial charge in [0, 0.05) is 11.8 Å². The number of nitriles is 1. The van der Waals surface area contributed by atoms with E-state index in [1.165, 1.54) is 22.3 Å². The SMILES string of the molecule is N#C[C@H]1CC2c3ccccc3C1c1ccccc12. The van der Waals surface area contributed by atoms with E-state index in [1.807, 2.05) is 0 Å². The summed E-state index contributed by atoms with van der Waals surface area (Å²) in [6.45, 7) is 0. The van der Waals surface area contributed by atoms with Crippen molar-refractivity contribution in [3.63, 3.8) is 0 Å². The normalized spacial score (nSPS) is 27.2. The molecule has 2 aromatic carbocycles. The number of nitrogens with zero attached hydrogens (tertiary/aromatic N) is 1. The molecular weight excluding hydrogens is 218 g/mol. The molecule has 0 N–H and O–H groups in total. The summed E-state index contributed by atoms with van der Waals surface area (Å²) in [4.78, 5) is 0. The Labute approximate surface area is 107 Å². The van der Waals surface area contributed by atoms with E-state index in [4.69, 9.17) is 0 Å². The van der Waals surface area contributed by atoms with Crippen LogP contribution in [0.3, 0.4) is 0 Å². The molecule has 0 saturated heterocycles. The van der Waals surface area contributed by atoms with Crippen molar-refractivity contribution in [3.8, 4) is 6.07 Å². The zero-order valence-corrected chi connectivity index (χ0v) is 10.0.